The van der Waals surface area contributed by atoms with Gasteiger partial charge in [0, 0.05) is 18.3 Å². The molecule has 1 aromatic carbocycles. The van der Waals surface area contributed by atoms with E-state index in [0.717, 1.165) is 61.8 Å². The number of carboxylic acid groups (broad SMARTS) is 1. The van der Waals surface area contributed by atoms with Crippen molar-refractivity contribution in [2.24, 2.45) is 5.92 Å². The van der Waals surface area contributed by atoms with Crippen LogP contribution in [0.15, 0.2) is 30.3 Å². The molecule has 0 radical (unpaired) electrons. The zero-order valence-electron chi connectivity index (χ0n) is 15.4. The van der Waals surface area contributed by atoms with E-state index in [1.165, 1.54) is 0 Å². The molecule has 3 rings (SSSR count). The second kappa shape index (κ2) is 10.3. The fourth-order valence-electron chi connectivity index (χ4n) is 3.99. The summed E-state index contributed by atoms with van der Waals surface area (Å²) in [5, 5.41) is 20.4. The molecule has 2 fully saturated rings. The van der Waals surface area contributed by atoms with E-state index in [-0.39, 0.29) is 29.0 Å². The van der Waals surface area contributed by atoms with Crippen LogP contribution in [0.5, 0.6) is 0 Å². The molecule has 4 nitrogen and oxygen atoms in total. The number of carbonyl (C=O) groups excluding carboxylic acids is 1. The maximum Gasteiger partial charge on any atom is 0.108 e. The number of carbonyl (C=O) groups is 1. The molecule has 1 saturated heterocycles. The maximum absolute atomic E-state index is 11.2. The molecule has 3 atom stereocenters. The van der Waals surface area contributed by atoms with Gasteiger partial charge in [0.05, 0.1) is 20.1 Å². The highest BCUT2D eigenvalue weighted by Crippen LogP contribution is 2.36. The van der Waals surface area contributed by atoms with Crippen LogP contribution in [-0.2, 0) is 4.79 Å². The summed E-state index contributed by atoms with van der Waals surface area (Å²) in [6, 6.07) is 9.46. The van der Waals surface area contributed by atoms with Gasteiger partial charge >= 0.3 is 0 Å². The summed E-state index contributed by atoms with van der Waals surface area (Å²) in [6.45, 7) is 5.43. The lowest BCUT2D eigenvalue weighted by atomic mass is 9.85. The van der Waals surface area contributed by atoms with E-state index < -0.39 is 11.9 Å². The molecule has 25 heavy (non-hydrogen) atoms. The Bertz CT molecular complexity index is 519. The first-order valence-electron chi connectivity index (χ1n) is 9.22. The number of carboxylic acids is 1. The lowest BCUT2D eigenvalue weighted by molar-refractivity contribution is -0.897. The average molecular weight is 414 g/mol. The van der Waals surface area contributed by atoms with Crippen molar-refractivity contribution >= 4 is 23.0 Å². The Morgan fingerprint density at radius 1 is 1.24 bits per heavy atom. The zero-order valence-corrected chi connectivity index (χ0v) is 17.1. The molecule has 5 heteroatoms. The van der Waals surface area contributed by atoms with Crippen molar-refractivity contribution in [3.63, 3.8) is 0 Å². The fourth-order valence-corrected chi connectivity index (χ4v) is 3.99. The second-order valence-electron chi connectivity index (χ2n) is 7.54. The van der Waals surface area contributed by atoms with Gasteiger partial charge in [0.25, 0.3) is 0 Å². The molecular weight excluding hydrogens is 382 g/mol. The number of aliphatic hydroxyl groups excluding tert-OH is 1. The van der Waals surface area contributed by atoms with Gasteiger partial charge in [-0.05, 0) is 31.2 Å². The highest BCUT2D eigenvalue weighted by Gasteiger charge is 2.31. The maximum atomic E-state index is 11.2. The quantitative estimate of drug-likeness (QED) is 0.771. The fraction of sp³-hybridized carbons (Fsp3) is 0.650. The van der Waals surface area contributed by atoms with Crippen LogP contribution >= 0.6 is 17.0 Å². The summed E-state index contributed by atoms with van der Waals surface area (Å²) >= 11 is 0. The third-order valence-electron chi connectivity index (χ3n) is 5.70. The molecule has 0 spiro atoms. The van der Waals surface area contributed by atoms with Crippen LogP contribution in [0, 0.1) is 5.92 Å². The number of quaternary nitrogens is 1. The van der Waals surface area contributed by atoms with Crippen molar-refractivity contribution in [3.05, 3.63) is 35.9 Å². The van der Waals surface area contributed by atoms with Gasteiger partial charge in [-0.3, -0.25) is 0 Å². The molecule has 1 aromatic rings. The molecule has 0 aromatic heterocycles. The van der Waals surface area contributed by atoms with Crippen LogP contribution in [-0.4, -0.2) is 48.3 Å². The highest BCUT2D eigenvalue weighted by atomic mass is 79.9. The van der Waals surface area contributed by atoms with Crippen LogP contribution in [0.2, 0.25) is 0 Å². The first-order valence-corrected chi connectivity index (χ1v) is 9.22. The van der Waals surface area contributed by atoms with Crippen molar-refractivity contribution in [2.45, 2.75) is 51.0 Å². The molecule has 1 saturated carbocycles. The minimum atomic E-state index is -0.923. The largest absolute Gasteiger partial charge is 0.549 e. The van der Waals surface area contributed by atoms with Crippen LogP contribution in [0.1, 0.15) is 50.5 Å². The van der Waals surface area contributed by atoms with Gasteiger partial charge in [0.15, 0.2) is 0 Å². The van der Waals surface area contributed by atoms with Crippen molar-refractivity contribution in [1.82, 2.24) is 0 Å². The topological polar surface area (TPSA) is 60.4 Å². The minimum Gasteiger partial charge on any atom is -0.549 e. The van der Waals surface area contributed by atoms with Crippen LogP contribution in [0.25, 0.3) is 0 Å². The summed E-state index contributed by atoms with van der Waals surface area (Å²) in [4.78, 5) is 11.2. The van der Waals surface area contributed by atoms with Crippen LogP contribution < -0.4 is 5.11 Å². The molecule has 1 N–H and O–H groups in total. The molecule has 3 unspecified atom stereocenters. The monoisotopic (exact) mass is 413 g/mol. The average Bonchev–Trinajstić information content (AvgIpc) is 3.20. The molecule has 0 bridgehead atoms. The van der Waals surface area contributed by atoms with Crippen LogP contribution in [0.3, 0.4) is 0 Å². The predicted octanol–water partition coefficient (Wildman–Crippen LogP) is 2.51. The Balaban J connectivity index is 0.000000270. The lowest BCUT2D eigenvalue weighted by Gasteiger charge is -2.27. The first kappa shape index (κ1) is 22.1. The summed E-state index contributed by atoms with van der Waals surface area (Å²) in [6.07, 6.45) is 5.31. The predicted molar refractivity (Wildman–Crippen MR) is 104 cm³/mol. The molecule has 0 amide bonds. The summed E-state index contributed by atoms with van der Waals surface area (Å²) in [5.74, 6) is -1.06. The Hall–Kier alpha value is -0.910. The van der Waals surface area contributed by atoms with Gasteiger partial charge in [0.2, 0.25) is 0 Å². The van der Waals surface area contributed by atoms with Crippen molar-refractivity contribution in [3.8, 4) is 0 Å². The smallest absolute Gasteiger partial charge is 0.108 e. The lowest BCUT2D eigenvalue weighted by Crippen LogP contribution is -2.41. The Morgan fingerprint density at radius 2 is 1.84 bits per heavy atom. The number of nitrogens with zero attached hydrogens (tertiary/aromatic N) is 1. The Morgan fingerprint density at radius 3 is 2.24 bits per heavy atom. The van der Waals surface area contributed by atoms with Gasteiger partial charge in [-0.15, -0.1) is 17.0 Å². The van der Waals surface area contributed by atoms with E-state index in [4.69, 9.17) is 0 Å². The molecule has 1 aliphatic heterocycles. The molecular formula is C20H32BrNO3. The number of aliphatic carboxylic acids is 1. The number of likely N-dealkylation sites (N-methyl/N-ethyl adjacent to an activating group) is 1. The van der Waals surface area contributed by atoms with Gasteiger partial charge in [-0.1, -0.05) is 43.2 Å². The third kappa shape index (κ3) is 6.39. The summed E-state index contributed by atoms with van der Waals surface area (Å²) in [5.41, 5.74) is 0.893. The number of halogens is 1. The minimum absolute atomic E-state index is 0. The van der Waals surface area contributed by atoms with Crippen molar-refractivity contribution in [2.75, 3.05) is 26.7 Å². The van der Waals surface area contributed by atoms with E-state index in [0.29, 0.717) is 0 Å². The molecule has 1 aliphatic carbocycles. The number of hydrogen-bond donors (Lipinski definition) is 1. The van der Waals surface area contributed by atoms with E-state index in [2.05, 4.69) is 14.0 Å². The summed E-state index contributed by atoms with van der Waals surface area (Å²) in [7, 11) is 2.20. The normalized spacial score (nSPS) is 27.1. The number of rotatable bonds is 4. The number of hydrogen-bond acceptors (Lipinski definition) is 3. The van der Waals surface area contributed by atoms with Gasteiger partial charge in [-0.25, -0.2) is 0 Å². The number of benzene rings is 1. The zero-order chi connectivity index (χ0) is 17.6. The van der Waals surface area contributed by atoms with Crippen LogP contribution in [0.4, 0.5) is 0 Å². The number of aliphatic hydroxyl groups is 1. The second-order valence-corrected chi connectivity index (χ2v) is 7.54. The Kier molecular flexibility index (Phi) is 9.11. The third-order valence-corrected chi connectivity index (χ3v) is 5.70. The number of likely N-dealkylation sites (tertiary alicyclic amines) is 1. The molecule has 142 valence electrons. The van der Waals surface area contributed by atoms with Gasteiger partial charge < -0.3 is 19.5 Å². The molecule has 2 aliphatic rings. The van der Waals surface area contributed by atoms with Crippen molar-refractivity contribution in [1.29, 1.82) is 0 Å². The Labute approximate surface area is 162 Å². The van der Waals surface area contributed by atoms with E-state index in [1.807, 2.05) is 30.3 Å². The van der Waals surface area contributed by atoms with E-state index in [9.17, 15) is 15.0 Å². The highest BCUT2D eigenvalue weighted by molar-refractivity contribution is 8.93. The molecule has 1 heterocycles. The van der Waals surface area contributed by atoms with Crippen molar-refractivity contribution < 1.29 is 19.5 Å². The standard InChI is InChI=1S/C13H16O2.C7H16NO.BrH/c14-13(15)12(11-8-4-5-9-11)10-6-2-1-3-7-10;1-3-8(2)5-4-7(9)6-8;/h1-3,6-7,11-12H,4-5,8-9H2,(H,14,15);7,9H,3-6H2,1-2H3;1H/q;+1;/p-1. The van der Waals surface area contributed by atoms with E-state index in [1.54, 1.807) is 0 Å². The van der Waals surface area contributed by atoms with E-state index >= 15 is 0 Å². The van der Waals surface area contributed by atoms with Gasteiger partial charge in [-0.2, -0.15) is 0 Å². The van der Waals surface area contributed by atoms with Gasteiger partial charge in [0.1, 0.15) is 12.6 Å². The summed E-state index contributed by atoms with van der Waals surface area (Å²) < 4.78 is 1.06. The SMILES string of the molecule is Br.CC[N+]1(C)CCC(O)C1.O=C([O-])C(c1ccccc1)C1CCCC1. The first-order chi connectivity index (χ1) is 11.4.